The van der Waals surface area contributed by atoms with E-state index in [4.69, 9.17) is 4.74 Å². The molecule has 0 amide bonds. The zero-order valence-electron chi connectivity index (χ0n) is 8.52. The van der Waals surface area contributed by atoms with Gasteiger partial charge < -0.3 is 4.74 Å². The van der Waals surface area contributed by atoms with Crippen molar-refractivity contribution in [1.82, 2.24) is 0 Å². The Morgan fingerprint density at radius 1 is 1.21 bits per heavy atom. The van der Waals surface area contributed by atoms with E-state index in [9.17, 15) is 0 Å². The molecule has 1 nitrogen and oxygen atoms in total. The fourth-order valence-electron chi connectivity index (χ4n) is 1.93. The minimum absolute atomic E-state index is 0.303. The SMILES string of the molecule is C/C=C/[C@@H]1CC[C@H](c2ccccc2)O1. The average molecular weight is 188 g/mol. The predicted octanol–water partition coefficient (Wildman–Crippen LogP) is 3.48. The summed E-state index contributed by atoms with van der Waals surface area (Å²) in [5.74, 6) is 0. The molecule has 1 aliphatic heterocycles. The lowest BCUT2D eigenvalue weighted by molar-refractivity contribution is 0.0710. The van der Waals surface area contributed by atoms with Crippen LogP contribution in [0.25, 0.3) is 0 Å². The van der Waals surface area contributed by atoms with Crippen molar-refractivity contribution in [2.45, 2.75) is 32.0 Å². The highest BCUT2D eigenvalue weighted by Gasteiger charge is 2.23. The monoisotopic (exact) mass is 188 g/mol. The first-order valence-corrected chi connectivity index (χ1v) is 5.23. The van der Waals surface area contributed by atoms with Crippen LogP contribution in [-0.2, 0) is 4.74 Å². The number of ether oxygens (including phenoxy) is 1. The van der Waals surface area contributed by atoms with Gasteiger partial charge in [-0.2, -0.15) is 0 Å². The molecule has 1 fully saturated rings. The van der Waals surface area contributed by atoms with Gasteiger partial charge in [-0.25, -0.2) is 0 Å². The largest absolute Gasteiger partial charge is 0.366 e. The molecule has 0 spiro atoms. The lowest BCUT2D eigenvalue weighted by Crippen LogP contribution is -2.02. The summed E-state index contributed by atoms with van der Waals surface area (Å²) in [6.45, 7) is 2.04. The summed E-state index contributed by atoms with van der Waals surface area (Å²) in [6, 6.07) is 10.5. The molecule has 1 aromatic rings. The molecule has 2 atom stereocenters. The topological polar surface area (TPSA) is 9.23 Å². The Morgan fingerprint density at radius 3 is 2.71 bits per heavy atom. The molecule has 74 valence electrons. The van der Waals surface area contributed by atoms with Gasteiger partial charge in [0.15, 0.2) is 0 Å². The van der Waals surface area contributed by atoms with Gasteiger partial charge in [-0.3, -0.25) is 0 Å². The molecule has 14 heavy (non-hydrogen) atoms. The molecule has 0 aromatic heterocycles. The van der Waals surface area contributed by atoms with E-state index < -0.39 is 0 Å². The summed E-state index contributed by atoms with van der Waals surface area (Å²) in [5.41, 5.74) is 1.31. The van der Waals surface area contributed by atoms with Gasteiger partial charge in [-0.05, 0) is 25.3 Å². The zero-order chi connectivity index (χ0) is 9.80. The first-order valence-electron chi connectivity index (χ1n) is 5.23. The fourth-order valence-corrected chi connectivity index (χ4v) is 1.93. The Labute approximate surface area is 85.4 Å². The normalized spacial score (nSPS) is 27.2. The van der Waals surface area contributed by atoms with Crippen molar-refractivity contribution in [1.29, 1.82) is 0 Å². The third-order valence-corrected chi connectivity index (χ3v) is 2.63. The van der Waals surface area contributed by atoms with Crippen molar-refractivity contribution in [3.63, 3.8) is 0 Å². The number of benzene rings is 1. The predicted molar refractivity (Wildman–Crippen MR) is 58.1 cm³/mol. The molecule has 0 aliphatic carbocycles. The van der Waals surface area contributed by atoms with Gasteiger partial charge in [-0.15, -0.1) is 0 Å². The van der Waals surface area contributed by atoms with Crippen molar-refractivity contribution >= 4 is 0 Å². The van der Waals surface area contributed by atoms with Crippen LogP contribution < -0.4 is 0 Å². The maximum Gasteiger partial charge on any atom is 0.0834 e. The third kappa shape index (κ3) is 2.05. The molecule has 0 N–H and O–H groups in total. The van der Waals surface area contributed by atoms with Gasteiger partial charge in [0.2, 0.25) is 0 Å². The molecule has 2 rings (SSSR count). The third-order valence-electron chi connectivity index (χ3n) is 2.63. The maximum atomic E-state index is 5.90. The van der Waals surface area contributed by atoms with Gasteiger partial charge >= 0.3 is 0 Å². The van der Waals surface area contributed by atoms with Crippen molar-refractivity contribution in [2.24, 2.45) is 0 Å². The highest BCUT2D eigenvalue weighted by molar-refractivity contribution is 5.18. The molecule has 0 radical (unpaired) electrons. The van der Waals surface area contributed by atoms with Crippen LogP contribution in [0.3, 0.4) is 0 Å². The minimum atomic E-state index is 0.303. The van der Waals surface area contributed by atoms with Crippen molar-refractivity contribution < 1.29 is 4.74 Å². The first kappa shape index (κ1) is 9.47. The van der Waals surface area contributed by atoms with Crippen LogP contribution in [0.5, 0.6) is 0 Å². The van der Waals surface area contributed by atoms with Gasteiger partial charge in [0.05, 0.1) is 12.2 Å². The van der Waals surface area contributed by atoms with Gasteiger partial charge in [0.1, 0.15) is 0 Å². The Kier molecular flexibility index (Phi) is 3.00. The van der Waals surface area contributed by atoms with Crippen molar-refractivity contribution in [3.8, 4) is 0 Å². The molecular weight excluding hydrogens is 172 g/mol. The Hall–Kier alpha value is -1.08. The molecule has 0 unspecified atom stereocenters. The molecular formula is C13H16O. The molecule has 1 aliphatic rings. The maximum absolute atomic E-state index is 5.90. The fraction of sp³-hybridized carbons (Fsp3) is 0.385. The van der Waals surface area contributed by atoms with Gasteiger partial charge in [-0.1, -0.05) is 42.5 Å². The summed E-state index contributed by atoms with van der Waals surface area (Å²) >= 11 is 0. The van der Waals surface area contributed by atoms with Crippen LogP contribution in [0.2, 0.25) is 0 Å². The molecule has 1 heteroatoms. The second-order valence-electron chi connectivity index (χ2n) is 3.68. The van der Waals surface area contributed by atoms with Crippen molar-refractivity contribution in [2.75, 3.05) is 0 Å². The average Bonchev–Trinajstić information content (AvgIpc) is 2.68. The molecule has 1 heterocycles. The summed E-state index contributed by atoms with van der Waals surface area (Å²) < 4.78 is 5.90. The molecule has 1 saturated heterocycles. The summed E-state index contributed by atoms with van der Waals surface area (Å²) in [5, 5.41) is 0. The van der Waals surface area contributed by atoms with Crippen LogP contribution in [-0.4, -0.2) is 6.10 Å². The van der Waals surface area contributed by atoms with Crippen LogP contribution in [0.15, 0.2) is 42.5 Å². The number of allylic oxidation sites excluding steroid dienone is 1. The van der Waals surface area contributed by atoms with Crippen molar-refractivity contribution in [3.05, 3.63) is 48.0 Å². The molecule has 0 saturated carbocycles. The van der Waals surface area contributed by atoms with Crippen LogP contribution in [0.4, 0.5) is 0 Å². The Balaban J connectivity index is 2.02. The minimum Gasteiger partial charge on any atom is -0.366 e. The first-order chi connectivity index (χ1) is 6.90. The molecule has 0 bridgehead atoms. The summed E-state index contributed by atoms with van der Waals surface area (Å²) in [7, 11) is 0. The number of hydrogen-bond donors (Lipinski definition) is 0. The van der Waals surface area contributed by atoms with Crippen LogP contribution in [0.1, 0.15) is 31.4 Å². The van der Waals surface area contributed by atoms with E-state index in [0.29, 0.717) is 12.2 Å². The number of hydrogen-bond acceptors (Lipinski definition) is 1. The number of rotatable bonds is 2. The quantitative estimate of drug-likeness (QED) is 0.645. The Bertz CT molecular complexity index is 302. The van der Waals surface area contributed by atoms with E-state index in [1.54, 1.807) is 0 Å². The second-order valence-corrected chi connectivity index (χ2v) is 3.68. The van der Waals surface area contributed by atoms with E-state index in [-0.39, 0.29) is 0 Å². The van der Waals surface area contributed by atoms with Gasteiger partial charge in [0.25, 0.3) is 0 Å². The van der Waals surface area contributed by atoms with Crippen LogP contribution >= 0.6 is 0 Å². The highest BCUT2D eigenvalue weighted by Crippen LogP contribution is 2.32. The second kappa shape index (κ2) is 4.43. The highest BCUT2D eigenvalue weighted by atomic mass is 16.5. The van der Waals surface area contributed by atoms with E-state index in [0.717, 1.165) is 12.8 Å². The van der Waals surface area contributed by atoms with E-state index >= 15 is 0 Å². The smallest absolute Gasteiger partial charge is 0.0834 e. The lowest BCUT2D eigenvalue weighted by atomic mass is 10.1. The zero-order valence-corrected chi connectivity index (χ0v) is 8.52. The standard InChI is InChI=1S/C13H16O/c1-2-6-12-9-10-13(14-12)11-7-4-3-5-8-11/h2-8,12-13H,9-10H2,1H3/b6-2+/t12-,13-/m1/s1. The summed E-state index contributed by atoms with van der Waals surface area (Å²) in [4.78, 5) is 0. The Morgan fingerprint density at radius 2 is 2.00 bits per heavy atom. The van der Waals surface area contributed by atoms with Crippen LogP contribution in [0, 0.1) is 0 Å². The lowest BCUT2D eigenvalue weighted by Gasteiger charge is -2.11. The van der Waals surface area contributed by atoms with E-state index in [2.05, 4.69) is 36.4 Å². The van der Waals surface area contributed by atoms with E-state index in [1.807, 2.05) is 13.0 Å². The van der Waals surface area contributed by atoms with Gasteiger partial charge in [0, 0.05) is 0 Å². The van der Waals surface area contributed by atoms with E-state index in [1.165, 1.54) is 5.56 Å². The summed E-state index contributed by atoms with van der Waals surface area (Å²) in [6.07, 6.45) is 7.12. The molecule has 1 aromatic carbocycles.